The topological polar surface area (TPSA) is 88.5 Å². The van der Waals surface area contributed by atoms with Crippen molar-refractivity contribution in [1.29, 1.82) is 0 Å². The van der Waals surface area contributed by atoms with Gasteiger partial charge in [-0.05, 0) is 60.4 Å². The molecule has 3 aromatic rings. The third kappa shape index (κ3) is 6.45. The zero-order valence-corrected chi connectivity index (χ0v) is 23.5. The maximum atomic E-state index is 13.4. The second kappa shape index (κ2) is 13.0. The minimum absolute atomic E-state index is 0.0869. The van der Waals surface area contributed by atoms with Gasteiger partial charge in [0.25, 0.3) is 11.7 Å². The third-order valence-corrected chi connectivity index (χ3v) is 7.63. The molecule has 0 saturated carbocycles. The summed E-state index contributed by atoms with van der Waals surface area (Å²) in [5.41, 5.74) is 3.15. The van der Waals surface area contributed by atoms with E-state index >= 15 is 0 Å². The molecule has 1 unspecified atom stereocenters. The number of aryl methyl sites for hydroxylation is 1. The van der Waals surface area contributed by atoms with Crippen molar-refractivity contribution in [3.8, 4) is 11.5 Å². The van der Waals surface area contributed by atoms with Gasteiger partial charge in [-0.2, -0.15) is 0 Å². The molecule has 0 spiro atoms. The first-order chi connectivity index (χ1) is 20.0. The summed E-state index contributed by atoms with van der Waals surface area (Å²) in [5.74, 6) is -0.135. The van der Waals surface area contributed by atoms with E-state index in [1.807, 2.05) is 61.5 Å². The van der Waals surface area contributed by atoms with Gasteiger partial charge < -0.3 is 24.2 Å². The van der Waals surface area contributed by atoms with Crippen molar-refractivity contribution in [1.82, 2.24) is 9.80 Å². The average molecular weight is 557 g/mol. The van der Waals surface area contributed by atoms with E-state index in [1.165, 1.54) is 0 Å². The Kier molecular flexibility index (Phi) is 9.01. The number of Topliss-reactive ketones (excluding diaryl/α,β-unsaturated/α-hetero) is 1. The number of morpholine rings is 1. The second-order valence-corrected chi connectivity index (χ2v) is 10.3. The Morgan fingerprint density at radius 3 is 2.39 bits per heavy atom. The van der Waals surface area contributed by atoms with E-state index in [9.17, 15) is 14.7 Å². The lowest BCUT2D eigenvalue weighted by Gasteiger charge is -2.29. The highest BCUT2D eigenvalue weighted by Crippen LogP contribution is 2.40. The summed E-state index contributed by atoms with van der Waals surface area (Å²) in [6.45, 7) is 6.57. The van der Waals surface area contributed by atoms with Crippen LogP contribution in [0, 0.1) is 6.92 Å². The average Bonchev–Trinajstić information content (AvgIpc) is 3.26. The van der Waals surface area contributed by atoms with Crippen LogP contribution < -0.4 is 9.47 Å². The number of ether oxygens (including phenoxy) is 3. The maximum absolute atomic E-state index is 13.4. The predicted octanol–water partition coefficient (Wildman–Crippen LogP) is 4.73. The van der Waals surface area contributed by atoms with Crippen LogP contribution in [0.4, 0.5) is 0 Å². The van der Waals surface area contributed by atoms with Gasteiger partial charge in [-0.25, -0.2) is 0 Å². The monoisotopic (exact) mass is 556 g/mol. The van der Waals surface area contributed by atoms with E-state index in [-0.39, 0.29) is 11.3 Å². The highest BCUT2D eigenvalue weighted by atomic mass is 16.5. The Morgan fingerprint density at radius 1 is 0.976 bits per heavy atom. The molecule has 2 aliphatic heterocycles. The van der Waals surface area contributed by atoms with E-state index in [0.717, 1.165) is 36.3 Å². The number of aliphatic hydroxyl groups excluding tert-OH is 1. The van der Waals surface area contributed by atoms with Crippen LogP contribution >= 0.6 is 0 Å². The summed E-state index contributed by atoms with van der Waals surface area (Å²) in [6.07, 6.45) is 0.698. The summed E-state index contributed by atoms with van der Waals surface area (Å²) in [6, 6.07) is 21.8. The van der Waals surface area contributed by atoms with Crippen molar-refractivity contribution < 1.29 is 28.9 Å². The molecule has 0 aliphatic carbocycles. The molecule has 5 rings (SSSR count). The standard InChI is InChI=1S/C33H36N2O6/c1-23-21-26(11-14-28(23)39-2)31(36)29-30(25-9-12-27(13-10-25)41-22-24-7-4-3-5-8-24)35(33(38)32(29)37)16-6-15-34-17-19-40-20-18-34/h3-5,7-14,21,30,36H,6,15-20,22H2,1-2H3. The first-order valence-electron chi connectivity index (χ1n) is 14.0. The zero-order chi connectivity index (χ0) is 28.8. The van der Waals surface area contributed by atoms with Gasteiger partial charge in [0.1, 0.15) is 23.9 Å². The number of rotatable bonds is 10. The Hall–Kier alpha value is -4.14. The second-order valence-electron chi connectivity index (χ2n) is 10.3. The molecule has 0 bridgehead atoms. The number of hydrogen-bond acceptors (Lipinski definition) is 7. The molecular weight excluding hydrogens is 520 g/mol. The van der Waals surface area contributed by atoms with Crippen LogP contribution in [0.15, 0.2) is 78.4 Å². The molecule has 2 aliphatic rings. The number of nitrogens with zero attached hydrogens (tertiary/aromatic N) is 2. The highest BCUT2D eigenvalue weighted by Gasteiger charge is 2.45. The number of likely N-dealkylation sites (tertiary alicyclic amines) is 1. The Balaban J connectivity index is 1.43. The van der Waals surface area contributed by atoms with Crippen molar-refractivity contribution in [2.24, 2.45) is 0 Å². The molecule has 1 atom stereocenters. The molecule has 8 heteroatoms. The summed E-state index contributed by atoms with van der Waals surface area (Å²) in [5, 5.41) is 11.4. The molecular formula is C33H36N2O6. The van der Waals surface area contributed by atoms with Gasteiger partial charge in [-0.3, -0.25) is 14.5 Å². The zero-order valence-electron chi connectivity index (χ0n) is 23.5. The fourth-order valence-electron chi connectivity index (χ4n) is 5.42. The van der Waals surface area contributed by atoms with Crippen molar-refractivity contribution in [3.63, 3.8) is 0 Å². The molecule has 8 nitrogen and oxygen atoms in total. The number of benzene rings is 3. The fraction of sp³-hybridized carbons (Fsp3) is 0.333. The molecule has 0 radical (unpaired) electrons. The Morgan fingerprint density at radius 2 is 1.71 bits per heavy atom. The quantitative estimate of drug-likeness (QED) is 0.220. The lowest BCUT2D eigenvalue weighted by molar-refractivity contribution is -0.140. The van der Waals surface area contributed by atoms with Crippen LogP contribution in [-0.2, 0) is 20.9 Å². The van der Waals surface area contributed by atoms with Crippen molar-refractivity contribution in [2.75, 3.05) is 46.5 Å². The first-order valence-corrected chi connectivity index (χ1v) is 14.0. The van der Waals surface area contributed by atoms with Gasteiger partial charge in [-0.1, -0.05) is 42.5 Å². The number of hydrogen-bond donors (Lipinski definition) is 1. The largest absolute Gasteiger partial charge is 0.507 e. The number of carbonyl (C=O) groups is 2. The number of aliphatic hydroxyl groups is 1. The lowest BCUT2D eigenvalue weighted by Crippen LogP contribution is -2.38. The van der Waals surface area contributed by atoms with Crippen LogP contribution in [0.5, 0.6) is 11.5 Å². The molecule has 2 fully saturated rings. The molecule has 1 amide bonds. The van der Waals surface area contributed by atoms with E-state index in [1.54, 1.807) is 30.2 Å². The molecule has 2 heterocycles. The SMILES string of the molecule is COc1ccc(C(O)=C2C(=O)C(=O)N(CCCN3CCOCC3)C2c2ccc(OCc3ccccc3)cc2)cc1C. The van der Waals surface area contributed by atoms with Gasteiger partial charge in [0.15, 0.2) is 0 Å². The van der Waals surface area contributed by atoms with E-state index < -0.39 is 17.7 Å². The van der Waals surface area contributed by atoms with Gasteiger partial charge in [0, 0.05) is 31.7 Å². The van der Waals surface area contributed by atoms with Gasteiger partial charge in [0.05, 0.1) is 31.9 Å². The van der Waals surface area contributed by atoms with Gasteiger partial charge in [-0.15, -0.1) is 0 Å². The van der Waals surface area contributed by atoms with Gasteiger partial charge >= 0.3 is 0 Å². The number of ketones is 1. The molecule has 3 aromatic carbocycles. The first kappa shape index (κ1) is 28.4. The summed E-state index contributed by atoms with van der Waals surface area (Å²) < 4.78 is 16.7. The van der Waals surface area contributed by atoms with E-state index in [0.29, 0.717) is 49.8 Å². The minimum Gasteiger partial charge on any atom is -0.507 e. The number of carbonyl (C=O) groups excluding carboxylic acids is 2. The summed E-state index contributed by atoms with van der Waals surface area (Å²) >= 11 is 0. The Bertz CT molecular complexity index is 1400. The van der Waals surface area contributed by atoms with Crippen LogP contribution in [0.3, 0.4) is 0 Å². The number of methoxy groups -OCH3 is 1. The lowest BCUT2D eigenvalue weighted by atomic mass is 9.94. The number of amides is 1. The minimum atomic E-state index is -0.717. The van der Waals surface area contributed by atoms with Crippen molar-refractivity contribution >= 4 is 17.4 Å². The third-order valence-electron chi connectivity index (χ3n) is 7.63. The van der Waals surface area contributed by atoms with Crippen molar-refractivity contribution in [3.05, 3.63) is 101 Å². The molecule has 41 heavy (non-hydrogen) atoms. The van der Waals surface area contributed by atoms with E-state index in [2.05, 4.69) is 4.90 Å². The van der Waals surface area contributed by atoms with Gasteiger partial charge in [0.2, 0.25) is 0 Å². The van der Waals surface area contributed by atoms with Crippen LogP contribution in [-0.4, -0.2) is 73.1 Å². The van der Waals surface area contributed by atoms with Crippen LogP contribution in [0.25, 0.3) is 5.76 Å². The predicted molar refractivity (Wildman–Crippen MR) is 156 cm³/mol. The highest BCUT2D eigenvalue weighted by molar-refractivity contribution is 6.46. The smallest absolute Gasteiger partial charge is 0.295 e. The molecule has 2 saturated heterocycles. The molecule has 214 valence electrons. The van der Waals surface area contributed by atoms with E-state index in [4.69, 9.17) is 14.2 Å². The summed E-state index contributed by atoms with van der Waals surface area (Å²) in [7, 11) is 1.58. The summed E-state index contributed by atoms with van der Waals surface area (Å²) in [4.78, 5) is 30.7. The molecule has 1 N–H and O–H groups in total. The Labute approximate surface area is 240 Å². The van der Waals surface area contributed by atoms with Crippen molar-refractivity contribution in [2.45, 2.75) is 26.0 Å². The maximum Gasteiger partial charge on any atom is 0.295 e. The van der Waals surface area contributed by atoms with Crippen LogP contribution in [0.2, 0.25) is 0 Å². The van der Waals surface area contributed by atoms with Crippen LogP contribution in [0.1, 0.15) is 34.7 Å². The normalized spacial score (nSPS) is 19.0. The fourth-order valence-corrected chi connectivity index (χ4v) is 5.42. The molecule has 0 aromatic heterocycles.